The molecule has 2 fully saturated rings. The van der Waals surface area contributed by atoms with Crippen LogP contribution in [-0.4, -0.2) is 43.0 Å². The Morgan fingerprint density at radius 2 is 1.94 bits per heavy atom. The van der Waals surface area contributed by atoms with Gasteiger partial charge in [0.2, 0.25) is 0 Å². The molecule has 2 aliphatic heterocycles. The van der Waals surface area contributed by atoms with Gasteiger partial charge < -0.3 is 19.1 Å². The number of halogens is 3. The van der Waals surface area contributed by atoms with Crippen LogP contribution in [-0.2, 0) is 15.7 Å². The summed E-state index contributed by atoms with van der Waals surface area (Å²) in [5.74, 6) is 0.623. The van der Waals surface area contributed by atoms with E-state index in [-0.39, 0.29) is 29.4 Å². The lowest BCUT2D eigenvalue weighted by atomic mass is 9.75. The van der Waals surface area contributed by atoms with Gasteiger partial charge in [-0.25, -0.2) is 0 Å². The van der Waals surface area contributed by atoms with Gasteiger partial charge >= 0.3 is 6.18 Å². The van der Waals surface area contributed by atoms with Crippen LogP contribution < -0.4 is 19.3 Å². The molecule has 1 saturated heterocycles. The molecule has 0 aromatic heterocycles. The molecule has 5 rings (SSSR count). The number of benzene rings is 2. The first-order valence-electron chi connectivity index (χ1n) is 10.9. The summed E-state index contributed by atoms with van der Waals surface area (Å²) >= 11 is 5.65. The van der Waals surface area contributed by atoms with Crippen molar-refractivity contribution in [2.75, 3.05) is 30.1 Å². The summed E-state index contributed by atoms with van der Waals surface area (Å²) < 4.78 is 57.5. The first-order valence-corrected chi connectivity index (χ1v) is 11.3. The molecule has 0 radical (unpaired) electrons. The third-order valence-electron chi connectivity index (χ3n) is 6.54. The van der Waals surface area contributed by atoms with Gasteiger partial charge in [0.15, 0.2) is 22.7 Å². The van der Waals surface area contributed by atoms with Crippen LogP contribution in [0.1, 0.15) is 30.4 Å². The molecule has 1 aliphatic carbocycles. The second-order valence-electron chi connectivity index (χ2n) is 8.62. The van der Waals surface area contributed by atoms with E-state index in [2.05, 4.69) is 0 Å². The van der Waals surface area contributed by atoms with Gasteiger partial charge in [-0.2, -0.15) is 18.4 Å². The Hall–Kier alpha value is -3.36. The van der Waals surface area contributed by atoms with E-state index < -0.39 is 22.8 Å². The van der Waals surface area contributed by atoms with Gasteiger partial charge in [-0.3, -0.25) is 9.69 Å². The molecule has 0 bridgehead atoms. The van der Waals surface area contributed by atoms with Crippen LogP contribution in [0.15, 0.2) is 36.4 Å². The lowest BCUT2D eigenvalue weighted by Gasteiger charge is -2.43. The maximum atomic E-state index is 13.6. The summed E-state index contributed by atoms with van der Waals surface area (Å²) in [5, 5.41) is 9.18. The number of fused-ring (bicyclic) bond motifs is 1. The van der Waals surface area contributed by atoms with Crippen molar-refractivity contribution in [2.45, 2.75) is 37.1 Å². The minimum atomic E-state index is -4.75. The number of ether oxygens (including phenoxy) is 3. The highest BCUT2D eigenvalue weighted by atomic mass is 32.1. The van der Waals surface area contributed by atoms with Gasteiger partial charge in [0.05, 0.1) is 29.5 Å². The Morgan fingerprint density at radius 1 is 1.20 bits per heavy atom. The standard InChI is InChI=1S/C24H20F3N3O4S/c1-32-12-17-13-33-20-10-16(5-6-19(20)34-17)30-22(35)29(21(31)23(30)7-2-8-23)15-4-3-14(11-28)18(9-15)24(25,26)27/h3-6,9-10,17H,2,7-8,12-13H2,1H3/t17-/m0/s1. The number of methoxy groups -OCH3 is 1. The third-order valence-corrected chi connectivity index (χ3v) is 6.90. The van der Waals surface area contributed by atoms with E-state index in [9.17, 15) is 18.0 Å². The number of alkyl halides is 3. The molecule has 7 nitrogen and oxygen atoms in total. The van der Waals surface area contributed by atoms with Crippen molar-refractivity contribution in [1.82, 2.24) is 0 Å². The van der Waals surface area contributed by atoms with Crippen LogP contribution in [0.5, 0.6) is 11.5 Å². The highest BCUT2D eigenvalue weighted by molar-refractivity contribution is 7.81. The van der Waals surface area contributed by atoms with Crippen LogP contribution in [0.4, 0.5) is 24.5 Å². The topological polar surface area (TPSA) is 75.0 Å². The van der Waals surface area contributed by atoms with Gasteiger partial charge in [0.25, 0.3) is 5.91 Å². The number of thiocarbonyl (C=S) groups is 1. The van der Waals surface area contributed by atoms with Crippen LogP contribution in [0.2, 0.25) is 0 Å². The SMILES string of the molecule is COC[C@H]1COc2cc(N3C(=S)N(c4ccc(C#N)c(C(F)(F)F)c4)C(=O)C34CCC4)ccc2O1. The predicted molar refractivity (Wildman–Crippen MR) is 124 cm³/mol. The first-order chi connectivity index (χ1) is 16.7. The van der Waals surface area contributed by atoms with Crippen LogP contribution in [0.25, 0.3) is 0 Å². The largest absolute Gasteiger partial charge is 0.486 e. The number of rotatable bonds is 4. The number of carbonyl (C=O) groups is 1. The van der Waals surface area contributed by atoms with Crippen LogP contribution in [0, 0.1) is 11.3 Å². The number of nitrogens with zero attached hydrogens (tertiary/aromatic N) is 3. The minimum Gasteiger partial charge on any atom is -0.486 e. The molecule has 2 aromatic rings. The van der Waals surface area contributed by atoms with Gasteiger partial charge in [-0.1, -0.05) is 0 Å². The van der Waals surface area contributed by atoms with Gasteiger partial charge in [-0.15, -0.1) is 0 Å². The molecule has 0 unspecified atom stereocenters. The molecule has 2 heterocycles. The molecule has 0 N–H and O–H groups in total. The number of nitriles is 1. The van der Waals surface area contributed by atoms with E-state index in [1.54, 1.807) is 36.3 Å². The molecule has 1 spiro atoms. The van der Waals surface area contributed by atoms with E-state index in [1.807, 2.05) is 0 Å². The third kappa shape index (κ3) is 3.68. The molecule has 35 heavy (non-hydrogen) atoms. The maximum Gasteiger partial charge on any atom is 0.417 e. The van der Waals surface area contributed by atoms with E-state index in [1.165, 1.54) is 6.07 Å². The average molecular weight is 504 g/mol. The number of hydrogen-bond acceptors (Lipinski definition) is 6. The molecule has 2 aromatic carbocycles. The van der Waals surface area contributed by atoms with Crippen LogP contribution >= 0.6 is 12.2 Å². The van der Waals surface area contributed by atoms with Crippen LogP contribution in [0.3, 0.4) is 0 Å². The molecule has 1 saturated carbocycles. The minimum absolute atomic E-state index is 0.0277. The van der Waals surface area contributed by atoms with E-state index in [4.69, 9.17) is 31.7 Å². The van der Waals surface area contributed by atoms with Crippen molar-refractivity contribution >= 4 is 34.6 Å². The average Bonchev–Trinajstić information content (AvgIpc) is 3.04. The first kappa shape index (κ1) is 23.4. The van der Waals surface area contributed by atoms with Gasteiger partial charge in [0, 0.05) is 18.9 Å². The molecule has 3 aliphatic rings. The number of anilines is 2. The zero-order valence-electron chi connectivity index (χ0n) is 18.6. The Labute approximate surface area is 204 Å². The second kappa shape index (κ2) is 8.39. The smallest absolute Gasteiger partial charge is 0.417 e. The van der Waals surface area contributed by atoms with Gasteiger partial charge in [0.1, 0.15) is 12.1 Å². The second-order valence-corrected chi connectivity index (χ2v) is 8.99. The normalized spacial score (nSPS) is 20.7. The van der Waals surface area contributed by atoms with E-state index in [0.29, 0.717) is 36.6 Å². The fourth-order valence-electron chi connectivity index (χ4n) is 4.72. The van der Waals surface area contributed by atoms with Crippen molar-refractivity contribution in [3.63, 3.8) is 0 Å². The van der Waals surface area contributed by atoms with Crippen molar-refractivity contribution in [3.8, 4) is 17.6 Å². The molecule has 182 valence electrons. The zero-order valence-corrected chi connectivity index (χ0v) is 19.4. The highest BCUT2D eigenvalue weighted by Gasteiger charge is 2.59. The Balaban J connectivity index is 1.53. The molecular formula is C24H20F3N3O4S. The van der Waals surface area contributed by atoms with Crippen molar-refractivity contribution in [3.05, 3.63) is 47.5 Å². The quantitative estimate of drug-likeness (QED) is 0.572. The van der Waals surface area contributed by atoms with Crippen molar-refractivity contribution in [2.24, 2.45) is 0 Å². The molecular weight excluding hydrogens is 483 g/mol. The zero-order chi connectivity index (χ0) is 25.0. The predicted octanol–water partition coefficient (Wildman–Crippen LogP) is 4.42. The Kier molecular flexibility index (Phi) is 5.61. The molecule has 1 atom stereocenters. The lowest BCUT2D eigenvalue weighted by molar-refractivity contribution is -0.137. The van der Waals surface area contributed by atoms with E-state index >= 15 is 0 Å². The van der Waals surface area contributed by atoms with Gasteiger partial charge in [-0.05, 0) is 61.8 Å². The Bertz CT molecular complexity index is 1260. The fourth-order valence-corrected chi connectivity index (χ4v) is 5.19. The summed E-state index contributed by atoms with van der Waals surface area (Å²) in [7, 11) is 1.57. The fraction of sp³-hybridized carbons (Fsp3) is 0.375. The molecule has 1 amide bonds. The van der Waals surface area contributed by atoms with Crippen molar-refractivity contribution in [1.29, 1.82) is 5.26 Å². The molecule has 11 heteroatoms. The summed E-state index contributed by atoms with van der Waals surface area (Å²) in [4.78, 5) is 16.4. The highest BCUT2D eigenvalue weighted by Crippen LogP contribution is 2.49. The number of carbonyl (C=O) groups excluding carboxylic acids is 1. The monoisotopic (exact) mass is 503 g/mol. The number of hydrogen-bond donors (Lipinski definition) is 0. The number of amides is 1. The summed E-state index contributed by atoms with van der Waals surface area (Å²) in [6, 6.07) is 9.93. The Morgan fingerprint density at radius 3 is 2.57 bits per heavy atom. The van der Waals surface area contributed by atoms with Crippen molar-refractivity contribution < 1.29 is 32.2 Å². The van der Waals surface area contributed by atoms with E-state index in [0.717, 1.165) is 23.5 Å². The summed E-state index contributed by atoms with van der Waals surface area (Å²) in [5.41, 5.74) is -2.05. The maximum absolute atomic E-state index is 13.6. The summed E-state index contributed by atoms with van der Waals surface area (Å²) in [6.07, 6.45) is -3.20. The summed E-state index contributed by atoms with van der Waals surface area (Å²) in [6.45, 7) is 0.658. The lowest BCUT2D eigenvalue weighted by Crippen LogP contribution is -2.55.